The predicted molar refractivity (Wildman–Crippen MR) is 92.2 cm³/mol. The third kappa shape index (κ3) is 4.49. The second-order valence-electron chi connectivity index (χ2n) is 4.80. The molecule has 4 nitrogen and oxygen atoms in total. The first-order valence-electron chi connectivity index (χ1n) is 7.06. The smallest absolute Gasteiger partial charge is 0.322 e. The molecular formula is C17H19BrN2O2. The number of benzene rings is 2. The number of nitrogens with zero attached hydrogens (tertiary/aromatic N) is 1. The van der Waals surface area contributed by atoms with Gasteiger partial charge in [-0.3, -0.25) is 0 Å². The van der Waals surface area contributed by atoms with Gasteiger partial charge in [-0.25, -0.2) is 4.79 Å². The van der Waals surface area contributed by atoms with Crippen molar-refractivity contribution in [1.82, 2.24) is 4.90 Å². The van der Waals surface area contributed by atoms with Gasteiger partial charge in [-0.15, -0.1) is 0 Å². The Hall–Kier alpha value is -2.01. The Labute approximate surface area is 139 Å². The molecule has 22 heavy (non-hydrogen) atoms. The number of ether oxygens (including phenoxy) is 1. The summed E-state index contributed by atoms with van der Waals surface area (Å²) in [4.78, 5) is 14.1. The monoisotopic (exact) mass is 362 g/mol. The number of carbonyl (C=O) groups excluding carboxylic acids is 1. The summed E-state index contributed by atoms with van der Waals surface area (Å²) in [6.45, 7) is 3.12. The van der Waals surface area contributed by atoms with E-state index in [1.807, 2.05) is 55.5 Å². The molecule has 5 heteroatoms. The lowest BCUT2D eigenvalue weighted by molar-refractivity contribution is 0.212. The molecular weight excluding hydrogens is 344 g/mol. The maximum Gasteiger partial charge on any atom is 0.322 e. The minimum Gasteiger partial charge on any atom is -0.497 e. The predicted octanol–water partition coefficient (Wildman–Crippen LogP) is 4.51. The van der Waals surface area contributed by atoms with Crippen LogP contribution in [-0.2, 0) is 6.54 Å². The van der Waals surface area contributed by atoms with Gasteiger partial charge in [-0.2, -0.15) is 0 Å². The van der Waals surface area contributed by atoms with Crippen molar-refractivity contribution in [1.29, 1.82) is 0 Å². The zero-order valence-electron chi connectivity index (χ0n) is 12.7. The second-order valence-corrected chi connectivity index (χ2v) is 5.72. The van der Waals surface area contributed by atoms with Crippen molar-refractivity contribution in [3.05, 3.63) is 58.6 Å². The molecule has 0 aliphatic carbocycles. The Morgan fingerprint density at radius 3 is 2.59 bits per heavy atom. The number of rotatable bonds is 5. The fourth-order valence-corrected chi connectivity index (χ4v) is 2.32. The highest BCUT2D eigenvalue weighted by Gasteiger charge is 2.12. The number of methoxy groups -OCH3 is 1. The van der Waals surface area contributed by atoms with Crippen LogP contribution in [0.15, 0.2) is 53.0 Å². The van der Waals surface area contributed by atoms with Crippen molar-refractivity contribution >= 4 is 27.6 Å². The molecule has 0 unspecified atom stereocenters. The first-order chi connectivity index (χ1) is 10.6. The topological polar surface area (TPSA) is 41.6 Å². The van der Waals surface area contributed by atoms with Crippen LogP contribution in [-0.4, -0.2) is 24.6 Å². The zero-order valence-corrected chi connectivity index (χ0v) is 14.3. The Morgan fingerprint density at radius 2 is 1.95 bits per heavy atom. The van der Waals surface area contributed by atoms with E-state index < -0.39 is 0 Å². The van der Waals surface area contributed by atoms with Crippen LogP contribution in [0.1, 0.15) is 12.5 Å². The van der Waals surface area contributed by atoms with Crippen molar-refractivity contribution in [2.75, 3.05) is 19.0 Å². The summed E-state index contributed by atoms with van der Waals surface area (Å²) in [5.41, 5.74) is 1.81. The highest BCUT2D eigenvalue weighted by molar-refractivity contribution is 9.10. The molecule has 0 bridgehead atoms. The van der Waals surface area contributed by atoms with Gasteiger partial charge in [-0.05, 0) is 48.9 Å². The first-order valence-corrected chi connectivity index (χ1v) is 7.86. The minimum atomic E-state index is -0.118. The Morgan fingerprint density at radius 1 is 1.23 bits per heavy atom. The third-order valence-electron chi connectivity index (χ3n) is 3.27. The van der Waals surface area contributed by atoms with Crippen molar-refractivity contribution in [2.24, 2.45) is 0 Å². The summed E-state index contributed by atoms with van der Waals surface area (Å²) in [7, 11) is 1.64. The van der Waals surface area contributed by atoms with Crippen LogP contribution < -0.4 is 10.1 Å². The fourth-order valence-electron chi connectivity index (χ4n) is 2.05. The maximum atomic E-state index is 12.4. The molecule has 0 aliphatic heterocycles. The van der Waals surface area contributed by atoms with Gasteiger partial charge in [-0.1, -0.05) is 28.1 Å². The number of nitrogens with one attached hydrogen (secondary N) is 1. The standard InChI is InChI=1S/C17H19BrN2O2/c1-3-20(12-13-5-4-6-16(11-13)22-2)17(21)19-15-9-7-14(18)8-10-15/h4-11H,3,12H2,1-2H3,(H,19,21). The Balaban J connectivity index is 2.03. The summed E-state index contributed by atoms with van der Waals surface area (Å²) in [5.74, 6) is 0.793. The van der Waals surface area contributed by atoms with E-state index in [1.165, 1.54) is 0 Å². The van der Waals surface area contributed by atoms with E-state index in [1.54, 1.807) is 12.0 Å². The lowest BCUT2D eigenvalue weighted by Gasteiger charge is -2.21. The molecule has 0 heterocycles. The van der Waals surface area contributed by atoms with Gasteiger partial charge in [0.25, 0.3) is 0 Å². The van der Waals surface area contributed by atoms with Crippen molar-refractivity contribution < 1.29 is 9.53 Å². The van der Waals surface area contributed by atoms with E-state index in [4.69, 9.17) is 4.74 Å². The average Bonchev–Trinajstić information content (AvgIpc) is 2.54. The van der Waals surface area contributed by atoms with E-state index in [2.05, 4.69) is 21.2 Å². The Bertz CT molecular complexity index is 629. The Kier molecular flexibility index (Phi) is 5.83. The quantitative estimate of drug-likeness (QED) is 0.849. The number of anilines is 1. The van der Waals surface area contributed by atoms with Crippen LogP contribution in [0.2, 0.25) is 0 Å². The molecule has 0 aromatic heterocycles. The van der Waals surface area contributed by atoms with E-state index >= 15 is 0 Å². The van der Waals surface area contributed by atoms with E-state index in [0.717, 1.165) is 21.5 Å². The molecule has 0 saturated heterocycles. The van der Waals surface area contributed by atoms with Crippen molar-refractivity contribution in [2.45, 2.75) is 13.5 Å². The number of hydrogen-bond donors (Lipinski definition) is 1. The minimum absolute atomic E-state index is 0.118. The third-order valence-corrected chi connectivity index (χ3v) is 3.80. The molecule has 2 rings (SSSR count). The van der Waals surface area contributed by atoms with Crippen LogP contribution in [0.5, 0.6) is 5.75 Å². The molecule has 0 fully saturated rings. The van der Waals surface area contributed by atoms with E-state index in [9.17, 15) is 4.79 Å². The zero-order chi connectivity index (χ0) is 15.9. The maximum absolute atomic E-state index is 12.4. The normalized spacial score (nSPS) is 10.1. The lowest BCUT2D eigenvalue weighted by Crippen LogP contribution is -2.34. The summed E-state index contributed by atoms with van der Waals surface area (Å²) in [5, 5.41) is 2.90. The average molecular weight is 363 g/mol. The van der Waals surface area contributed by atoms with Gasteiger partial charge in [0.05, 0.1) is 7.11 Å². The van der Waals surface area contributed by atoms with Crippen LogP contribution in [0, 0.1) is 0 Å². The van der Waals surface area contributed by atoms with Gasteiger partial charge in [0, 0.05) is 23.2 Å². The van der Waals surface area contributed by atoms with E-state index in [0.29, 0.717) is 13.1 Å². The van der Waals surface area contributed by atoms with Crippen molar-refractivity contribution in [3.63, 3.8) is 0 Å². The van der Waals surface area contributed by atoms with Crippen LogP contribution >= 0.6 is 15.9 Å². The summed E-state index contributed by atoms with van der Waals surface area (Å²) in [6.07, 6.45) is 0. The molecule has 2 aromatic carbocycles. The largest absolute Gasteiger partial charge is 0.497 e. The van der Waals surface area contributed by atoms with Gasteiger partial charge < -0.3 is 15.0 Å². The second kappa shape index (κ2) is 7.84. The summed E-state index contributed by atoms with van der Waals surface area (Å²) >= 11 is 3.38. The molecule has 2 amide bonds. The summed E-state index contributed by atoms with van der Waals surface area (Å²) < 4.78 is 6.19. The van der Waals surface area contributed by atoms with Gasteiger partial charge in [0.2, 0.25) is 0 Å². The molecule has 2 aromatic rings. The molecule has 0 atom stereocenters. The van der Waals surface area contributed by atoms with Crippen molar-refractivity contribution in [3.8, 4) is 5.75 Å². The van der Waals surface area contributed by atoms with Gasteiger partial charge >= 0.3 is 6.03 Å². The molecule has 0 saturated carbocycles. The van der Waals surface area contributed by atoms with Crippen LogP contribution in [0.25, 0.3) is 0 Å². The van der Waals surface area contributed by atoms with Crippen LogP contribution in [0.3, 0.4) is 0 Å². The van der Waals surface area contributed by atoms with E-state index in [-0.39, 0.29) is 6.03 Å². The number of carbonyl (C=O) groups is 1. The fraction of sp³-hybridized carbons (Fsp3) is 0.235. The summed E-state index contributed by atoms with van der Waals surface area (Å²) in [6, 6.07) is 15.1. The molecule has 1 N–H and O–H groups in total. The molecule has 0 aliphatic rings. The highest BCUT2D eigenvalue weighted by Crippen LogP contribution is 2.17. The molecule has 0 radical (unpaired) electrons. The lowest BCUT2D eigenvalue weighted by atomic mass is 10.2. The number of halogens is 1. The number of amides is 2. The number of urea groups is 1. The molecule has 0 spiro atoms. The number of hydrogen-bond acceptors (Lipinski definition) is 2. The first kappa shape index (κ1) is 16.4. The highest BCUT2D eigenvalue weighted by atomic mass is 79.9. The SMILES string of the molecule is CCN(Cc1cccc(OC)c1)C(=O)Nc1ccc(Br)cc1. The van der Waals surface area contributed by atoms with Gasteiger partial charge in [0.15, 0.2) is 0 Å². The van der Waals surface area contributed by atoms with Gasteiger partial charge in [0.1, 0.15) is 5.75 Å². The molecule has 116 valence electrons. The van der Waals surface area contributed by atoms with Crippen LogP contribution in [0.4, 0.5) is 10.5 Å².